The quantitative estimate of drug-likeness (QED) is 0.723. The van der Waals surface area contributed by atoms with Crippen LogP contribution in [0.5, 0.6) is 5.75 Å². The van der Waals surface area contributed by atoms with Crippen LogP contribution in [0.1, 0.15) is 18.9 Å². The Morgan fingerprint density at radius 1 is 1.28 bits per heavy atom. The number of ether oxygens (including phenoxy) is 1. The third-order valence-electron chi connectivity index (χ3n) is 4.34. The van der Waals surface area contributed by atoms with Gasteiger partial charge in [-0.3, -0.25) is 14.5 Å². The third kappa shape index (κ3) is 5.31. The smallest absolute Gasteiger partial charge is 0.242 e. The van der Waals surface area contributed by atoms with E-state index >= 15 is 0 Å². The molecule has 3 rings (SSSR count). The SMILES string of the molecule is CCOc1ccc(N=C2S[C@@H](CC(=O)Nc3ccc(C)c(Cl)c3)C(=O)N2C)cc1. The summed E-state index contributed by atoms with van der Waals surface area (Å²) in [5.74, 6) is 0.383. The lowest BCUT2D eigenvalue weighted by molar-refractivity contribution is -0.127. The average molecular weight is 432 g/mol. The van der Waals surface area contributed by atoms with Crippen LogP contribution in [0.2, 0.25) is 5.02 Å². The fourth-order valence-electron chi connectivity index (χ4n) is 2.74. The van der Waals surface area contributed by atoms with Gasteiger partial charge in [0.1, 0.15) is 11.0 Å². The van der Waals surface area contributed by atoms with Crippen molar-refractivity contribution in [2.45, 2.75) is 25.5 Å². The number of anilines is 1. The summed E-state index contributed by atoms with van der Waals surface area (Å²) < 4.78 is 5.42. The molecule has 6 nitrogen and oxygen atoms in total. The molecule has 0 saturated carbocycles. The first-order valence-corrected chi connectivity index (χ1v) is 10.4. The fraction of sp³-hybridized carbons (Fsp3) is 0.286. The van der Waals surface area contributed by atoms with E-state index in [1.54, 1.807) is 19.2 Å². The zero-order valence-electron chi connectivity index (χ0n) is 16.4. The van der Waals surface area contributed by atoms with Crippen molar-refractivity contribution in [3.63, 3.8) is 0 Å². The van der Waals surface area contributed by atoms with Gasteiger partial charge in [0.2, 0.25) is 11.8 Å². The molecule has 29 heavy (non-hydrogen) atoms. The number of halogens is 1. The maximum atomic E-state index is 12.5. The van der Waals surface area contributed by atoms with Gasteiger partial charge in [-0.25, -0.2) is 4.99 Å². The van der Waals surface area contributed by atoms with Gasteiger partial charge in [-0.15, -0.1) is 0 Å². The largest absolute Gasteiger partial charge is 0.494 e. The number of nitrogens with zero attached hydrogens (tertiary/aromatic N) is 2. The first-order valence-electron chi connectivity index (χ1n) is 9.19. The Morgan fingerprint density at radius 3 is 2.66 bits per heavy atom. The number of rotatable bonds is 6. The van der Waals surface area contributed by atoms with Crippen molar-refractivity contribution in [3.05, 3.63) is 53.1 Å². The molecule has 0 spiro atoms. The maximum absolute atomic E-state index is 12.5. The normalized spacial score (nSPS) is 17.7. The van der Waals surface area contributed by atoms with Crippen LogP contribution in [0.25, 0.3) is 0 Å². The number of aliphatic imine (C=N–C) groups is 1. The molecule has 0 unspecified atom stereocenters. The van der Waals surface area contributed by atoms with Crippen molar-refractivity contribution in [2.24, 2.45) is 4.99 Å². The number of thioether (sulfide) groups is 1. The highest BCUT2D eigenvalue weighted by Crippen LogP contribution is 2.31. The van der Waals surface area contributed by atoms with Crippen LogP contribution < -0.4 is 10.1 Å². The molecule has 1 fully saturated rings. The standard InChI is InChI=1S/C21H22ClN3O3S/c1-4-28-16-9-7-14(8-10-16)24-21-25(3)20(27)18(29-21)12-19(26)23-15-6-5-13(2)17(22)11-15/h5-11,18H,4,12H2,1-3H3,(H,23,26)/t18-/m0/s1. The second-order valence-corrected chi connectivity index (χ2v) is 8.12. The maximum Gasteiger partial charge on any atom is 0.242 e. The lowest BCUT2D eigenvalue weighted by Gasteiger charge is -2.10. The van der Waals surface area contributed by atoms with Crippen LogP contribution in [0.4, 0.5) is 11.4 Å². The number of benzene rings is 2. The number of amides is 2. The van der Waals surface area contributed by atoms with Crippen LogP contribution in [0, 0.1) is 6.92 Å². The number of carbonyl (C=O) groups is 2. The van der Waals surface area contributed by atoms with Crippen molar-refractivity contribution in [1.29, 1.82) is 0 Å². The lowest BCUT2D eigenvalue weighted by atomic mass is 10.2. The topological polar surface area (TPSA) is 71.0 Å². The van der Waals surface area contributed by atoms with Gasteiger partial charge in [-0.2, -0.15) is 0 Å². The second-order valence-electron chi connectivity index (χ2n) is 6.54. The number of hydrogen-bond acceptors (Lipinski definition) is 5. The van der Waals surface area contributed by atoms with E-state index in [0.717, 1.165) is 17.0 Å². The summed E-state index contributed by atoms with van der Waals surface area (Å²) in [5, 5.41) is 3.43. The molecule has 1 aliphatic rings. The Kier molecular flexibility index (Phi) is 6.82. The lowest BCUT2D eigenvalue weighted by Crippen LogP contribution is -2.30. The van der Waals surface area contributed by atoms with Crippen molar-refractivity contribution < 1.29 is 14.3 Å². The Balaban J connectivity index is 1.64. The Bertz CT molecular complexity index is 947. The van der Waals surface area contributed by atoms with Gasteiger partial charge in [0.05, 0.1) is 12.3 Å². The van der Waals surface area contributed by atoms with E-state index in [0.29, 0.717) is 22.5 Å². The Morgan fingerprint density at radius 2 is 2.00 bits per heavy atom. The van der Waals surface area contributed by atoms with Crippen molar-refractivity contribution in [1.82, 2.24) is 4.90 Å². The van der Waals surface area contributed by atoms with E-state index in [1.165, 1.54) is 16.7 Å². The molecular weight excluding hydrogens is 410 g/mol. The van der Waals surface area contributed by atoms with Gasteiger partial charge < -0.3 is 10.1 Å². The molecule has 1 saturated heterocycles. The number of nitrogens with one attached hydrogen (secondary N) is 1. The van der Waals surface area contributed by atoms with Crippen molar-refractivity contribution >= 4 is 51.7 Å². The molecule has 0 bridgehead atoms. The predicted octanol–water partition coefficient (Wildman–Crippen LogP) is 4.64. The summed E-state index contributed by atoms with van der Waals surface area (Å²) in [4.78, 5) is 30.9. The van der Waals surface area contributed by atoms with Crippen LogP contribution in [-0.2, 0) is 9.59 Å². The van der Waals surface area contributed by atoms with Crippen LogP contribution in [0.3, 0.4) is 0 Å². The molecule has 1 N–H and O–H groups in total. The van der Waals surface area contributed by atoms with Gasteiger partial charge in [-0.05, 0) is 55.8 Å². The van der Waals surface area contributed by atoms with Crippen molar-refractivity contribution in [3.8, 4) is 5.75 Å². The van der Waals surface area contributed by atoms with Gasteiger partial charge in [0.25, 0.3) is 0 Å². The summed E-state index contributed by atoms with van der Waals surface area (Å²) >= 11 is 7.38. The first kappa shape index (κ1) is 21.2. The molecule has 152 valence electrons. The molecule has 1 aliphatic heterocycles. The summed E-state index contributed by atoms with van der Waals surface area (Å²) in [7, 11) is 1.67. The monoisotopic (exact) mass is 431 g/mol. The summed E-state index contributed by atoms with van der Waals surface area (Å²) in [5.41, 5.74) is 2.26. The molecule has 0 aromatic heterocycles. The molecule has 0 radical (unpaired) electrons. The van der Waals surface area contributed by atoms with E-state index in [2.05, 4.69) is 10.3 Å². The Labute approximate surface area is 179 Å². The van der Waals surface area contributed by atoms with Gasteiger partial charge in [0, 0.05) is 24.2 Å². The zero-order chi connectivity index (χ0) is 21.0. The fourth-order valence-corrected chi connectivity index (χ4v) is 4.08. The summed E-state index contributed by atoms with van der Waals surface area (Å²) in [6.45, 7) is 4.41. The highest BCUT2D eigenvalue weighted by molar-refractivity contribution is 8.15. The number of hydrogen-bond donors (Lipinski definition) is 1. The first-order chi connectivity index (χ1) is 13.9. The summed E-state index contributed by atoms with van der Waals surface area (Å²) in [6.07, 6.45) is 0.0572. The number of amidine groups is 1. The highest BCUT2D eigenvalue weighted by Gasteiger charge is 2.37. The molecule has 1 atom stereocenters. The van der Waals surface area contributed by atoms with Gasteiger partial charge in [-0.1, -0.05) is 29.4 Å². The van der Waals surface area contributed by atoms with E-state index < -0.39 is 5.25 Å². The average Bonchev–Trinajstić information content (AvgIpc) is 2.94. The van der Waals surface area contributed by atoms with Gasteiger partial charge >= 0.3 is 0 Å². The minimum Gasteiger partial charge on any atom is -0.494 e. The van der Waals surface area contributed by atoms with E-state index in [4.69, 9.17) is 16.3 Å². The molecule has 1 heterocycles. The van der Waals surface area contributed by atoms with Crippen molar-refractivity contribution in [2.75, 3.05) is 19.0 Å². The minimum absolute atomic E-state index is 0.0572. The van der Waals surface area contributed by atoms with E-state index in [1.807, 2.05) is 44.2 Å². The second kappa shape index (κ2) is 9.33. The molecular formula is C21H22ClN3O3S. The molecule has 8 heteroatoms. The molecule has 2 amide bonds. The Hall–Kier alpha value is -2.51. The minimum atomic E-state index is -0.512. The zero-order valence-corrected chi connectivity index (χ0v) is 18.0. The molecule has 2 aromatic rings. The van der Waals surface area contributed by atoms with Gasteiger partial charge in [0.15, 0.2) is 5.17 Å². The van der Waals surface area contributed by atoms with Crippen LogP contribution in [0.15, 0.2) is 47.5 Å². The molecule has 0 aliphatic carbocycles. The van der Waals surface area contributed by atoms with Crippen LogP contribution in [-0.4, -0.2) is 40.8 Å². The van der Waals surface area contributed by atoms with E-state index in [-0.39, 0.29) is 18.2 Å². The highest BCUT2D eigenvalue weighted by atomic mass is 35.5. The predicted molar refractivity (Wildman–Crippen MR) is 118 cm³/mol. The summed E-state index contributed by atoms with van der Waals surface area (Å²) in [6, 6.07) is 12.7. The third-order valence-corrected chi connectivity index (χ3v) is 5.98. The molecule has 2 aromatic carbocycles. The number of aryl methyl sites for hydroxylation is 1. The number of carbonyl (C=O) groups excluding carboxylic acids is 2. The van der Waals surface area contributed by atoms with Crippen LogP contribution >= 0.6 is 23.4 Å². The van der Waals surface area contributed by atoms with E-state index in [9.17, 15) is 9.59 Å².